The van der Waals surface area contributed by atoms with Crippen LogP contribution in [0.15, 0.2) is 35.7 Å². The molecule has 1 amide bonds. The van der Waals surface area contributed by atoms with E-state index in [0.29, 0.717) is 28.4 Å². The lowest BCUT2D eigenvalue weighted by molar-refractivity contribution is -0.140. The highest BCUT2D eigenvalue weighted by atomic mass is 16.5. The van der Waals surface area contributed by atoms with Gasteiger partial charge in [0.1, 0.15) is 11.0 Å². The van der Waals surface area contributed by atoms with Crippen molar-refractivity contribution in [2.45, 2.75) is 19.3 Å². The molecule has 0 saturated carbocycles. The highest BCUT2D eigenvalue weighted by Gasteiger charge is 2.62. The van der Waals surface area contributed by atoms with Crippen molar-refractivity contribution in [3.05, 3.63) is 52.5 Å². The van der Waals surface area contributed by atoms with E-state index in [1.54, 1.807) is 27.9 Å². The lowest BCUT2D eigenvalue weighted by Gasteiger charge is -2.34. The first-order chi connectivity index (χ1) is 12.9. The number of aryl methyl sites for hydroxylation is 2. The SMILES string of the molecule is CCOC(=O)C1=C(N)Oc2c(c(C)nn2C)C12C(=O)N(C)c1ccccc12. The number of esters is 1. The van der Waals surface area contributed by atoms with Crippen LogP contribution >= 0.6 is 0 Å². The molecule has 140 valence electrons. The molecular formula is C19H20N4O4. The van der Waals surface area contributed by atoms with Gasteiger partial charge < -0.3 is 20.1 Å². The molecule has 3 heterocycles. The van der Waals surface area contributed by atoms with Gasteiger partial charge in [0.15, 0.2) is 0 Å². The monoisotopic (exact) mass is 368 g/mol. The van der Waals surface area contributed by atoms with E-state index in [4.69, 9.17) is 15.2 Å². The average molecular weight is 368 g/mol. The number of para-hydroxylation sites is 1. The van der Waals surface area contributed by atoms with Gasteiger partial charge in [0.25, 0.3) is 0 Å². The minimum Gasteiger partial charge on any atom is -0.462 e. The van der Waals surface area contributed by atoms with Crippen LogP contribution in [0.5, 0.6) is 5.88 Å². The Balaban J connectivity index is 2.15. The number of likely N-dealkylation sites (N-methyl/N-ethyl adjacent to an activating group) is 1. The van der Waals surface area contributed by atoms with Crippen LogP contribution in [0.2, 0.25) is 0 Å². The first-order valence-corrected chi connectivity index (χ1v) is 8.62. The molecule has 0 saturated heterocycles. The molecule has 0 aliphatic carbocycles. The largest absolute Gasteiger partial charge is 0.462 e. The molecule has 2 N–H and O–H groups in total. The number of fused-ring (bicyclic) bond motifs is 4. The van der Waals surface area contributed by atoms with Crippen LogP contribution < -0.4 is 15.4 Å². The molecule has 1 spiro atoms. The zero-order valence-electron chi connectivity index (χ0n) is 15.6. The van der Waals surface area contributed by atoms with Crippen LogP contribution in [-0.2, 0) is 26.8 Å². The lowest BCUT2D eigenvalue weighted by atomic mass is 9.68. The molecule has 0 radical (unpaired) electrons. The number of nitrogens with zero attached hydrogens (tertiary/aromatic N) is 3. The third-order valence-electron chi connectivity index (χ3n) is 5.15. The van der Waals surface area contributed by atoms with Crippen LogP contribution in [0, 0.1) is 6.92 Å². The Morgan fingerprint density at radius 1 is 1.33 bits per heavy atom. The molecule has 1 unspecified atom stereocenters. The number of nitrogens with two attached hydrogens (primary N) is 1. The van der Waals surface area contributed by atoms with Gasteiger partial charge in [0.05, 0.1) is 17.9 Å². The minimum atomic E-state index is -1.45. The summed E-state index contributed by atoms with van der Waals surface area (Å²) < 4.78 is 12.5. The van der Waals surface area contributed by atoms with E-state index in [1.165, 1.54) is 9.58 Å². The van der Waals surface area contributed by atoms with Crippen LogP contribution in [0.3, 0.4) is 0 Å². The topological polar surface area (TPSA) is 99.7 Å². The molecule has 2 aliphatic rings. The van der Waals surface area contributed by atoms with Gasteiger partial charge in [-0.25, -0.2) is 9.48 Å². The van der Waals surface area contributed by atoms with Crippen molar-refractivity contribution >= 4 is 17.6 Å². The zero-order chi connectivity index (χ0) is 19.5. The maximum atomic E-state index is 13.7. The molecule has 0 fully saturated rings. The molecule has 8 nitrogen and oxygen atoms in total. The summed E-state index contributed by atoms with van der Waals surface area (Å²) in [7, 11) is 3.38. The molecule has 1 aromatic heterocycles. The van der Waals surface area contributed by atoms with Gasteiger partial charge in [0, 0.05) is 25.3 Å². The molecule has 0 bridgehead atoms. The highest BCUT2D eigenvalue weighted by Crippen LogP contribution is 2.55. The maximum Gasteiger partial charge on any atom is 0.341 e. The number of amides is 1. The van der Waals surface area contributed by atoms with Crippen molar-refractivity contribution in [2.24, 2.45) is 12.8 Å². The maximum absolute atomic E-state index is 13.7. The van der Waals surface area contributed by atoms with E-state index in [0.717, 1.165) is 0 Å². The number of aromatic nitrogens is 2. The number of anilines is 1. The number of hydrogen-bond donors (Lipinski definition) is 1. The molecule has 4 rings (SSSR count). The van der Waals surface area contributed by atoms with Crippen molar-refractivity contribution in [3.63, 3.8) is 0 Å². The fraction of sp³-hybridized carbons (Fsp3) is 0.316. The highest BCUT2D eigenvalue weighted by molar-refractivity contribution is 6.18. The van der Waals surface area contributed by atoms with E-state index < -0.39 is 11.4 Å². The van der Waals surface area contributed by atoms with E-state index in [9.17, 15) is 9.59 Å². The van der Waals surface area contributed by atoms with E-state index in [-0.39, 0.29) is 24.0 Å². The second-order valence-electron chi connectivity index (χ2n) is 6.58. The summed E-state index contributed by atoms with van der Waals surface area (Å²) in [6.45, 7) is 3.63. The van der Waals surface area contributed by atoms with Gasteiger partial charge in [-0.2, -0.15) is 5.10 Å². The van der Waals surface area contributed by atoms with E-state index >= 15 is 0 Å². The van der Waals surface area contributed by atoms with Crippen molar-refractivity contribution in [3.8, 4) is 5.88 Å². The lowest BCUT2D eigenvalue weighted by Crippen LogP contribution is -2.48. The van der Waals surface area contributed by atoms with Crippen molar-refractivity contribution in [1.82, 2.24) is 9.78 Å². The standard InChI is InChI=1S/C19H20N4O4/c1-5-26-17(24)14-15(20)27-16-13(10(2)21-23(16)4)19(14)11-8-6-7-9-12(11)22(3)18(19)25/h6-9H,5,20H2,1-4H3. The molecule has 2 aliphatic heterocycles. The van der Waals surface area contributed by atoms with E-state index in [1.807, 2.05) is 24.3 Å². The van der Waals surface area contributed by atoms with Gasteiger partial charge in [-0.15, -0.1) is 0 Å². The Kier molecular flexibility index (Phi) is 3.56. The van der Waals surface area contributed by atoms with Crippen molar-refractivity contribution in [2.75, 3.05) is 18.6 Å². The molecular weight excluding hydrogens is 348 g/mol. The molecule has 8 heteroatoms. The summed E-state index contributed by atoms with van der Waals surface area (Å²) in [5.41, 5.74) is 7.17. The normalized spacial score (nSPS) is 20.6. The van der Waals surface area contributed by atoms with Crippen LogP contribution in [-0.4, -0.2) is 35.3 Å². The molecule has 1 atom stereocenters. The predicted octanol–water partition coefficient (Wildman–Crippen LogP) is 1.12. The van der Waals surface area contributed by atoms with Crippen LogP contribution in [0.25, 0.3) is 0 Å². The average Bonchev–Trinajstić information content (AvgIpc) is 3.03. The number of benzene rings is 1. The van der Waals surface area contributed by atoms with E-state index in [2.05, 4.69) is 5.10 Å². The quantitative estimate of drug-likeness (QED) is 0.798. The van der Waals surface area contributed by atoms with Crippen molar-refractivity contribution in [1.29, 1.82) is 0 Å². The molecule has 27 heavy (non-hydrogen) atoms. The van der Waals surface area contributed by atoms with Gasteiger partial charge in [-0.05, 0) is 19.9 Å². The number of rotatable bonds is 2. The number of carbonyl (C=O) groups is 2. The number of hydrogen-bond acceptors (Lipinski definition) is 6. The second-order valence-corrected chi connectivity index (χ2v) is 6.58. The third-order valence-corrected chi connectivity index (χ3v) is 5.15. The Morgan fingerprint density at radius 2 is 2.04 bits per heavy atom. The molecule has 2 aromatic rings. The number of carbonyl (C=O) groups excluding carboxylic acids is 2. The smallest absolute Gasteiger partial charge is 0.341 e. The van der Waals surface area contributed by atoms with Gasteiger partial charge in [0.2, 0.25) is 17.7 Å². The summed E-state index contributed by atoms with van der Waals surface area (Å²) >= 11 is 0. The summed E-state index contributed by atoms with van der Waals surface area (Å²) in [6, 6.07) is 7.33. The summed E-state index contributed by atoms with van der Waals surface area (Å²) in [4.78, 5) is 28.1. The Bertz CT molecular complexity index is 1020. The first-order valence-electron chi connectivity index (χ1n) is 8.62. The predicted molar refractivity (Wildman–Crippen MR) is 97.1 cm³/mol. The Labute approximate surface area is 156 Å². The fourth-order valence-corrected chi connectivity index (χ4v) is 4.15. The fourth-order valence-electron chi connectivity index (χ4n) is 4.15. The number of ether oxygens (including phenoxy) is 2. The molecule has 1 aromatic carbocycles. The zero-order valence-corrected chi connectivity index (χ0v) is 15.6. The summed E-state index contributed by atoms with van der Waals surface area (Å²) in [6.07, 6.45) is 0. The Hall–Kier alpha value is -3.29. The Morgan fingerprint density at radius 3 is 2.74 bits per heavy atom. The summed E-state index contributed by atoms with van der Waals surface area (Å²) in [5.74, 6) is -0.781. The summed E-state index contributed by atoms with van der Waals surface area (Å²) in [5, 5.41) is 4.40. The minimum absolute atomic E-state index is 0.00486. The van der Waals surface area contributed by atoms with Gasteiger partial charge in [-0.3, -0.25) is 4.79 Å². The van der Waals surface area contributed by atoms with Crippen LogP contribution in [0.4, 0.5) is 5.69 Å². The van der Waals surface area contributed by atoms with Crippen molar-refractivity contribution < 1.29 is 19.1 Å². The van der Waals surface area contributed by atoms with Gasteiger partial charge >= 0.3 is 5.97 Å². The first kappa shape index (κ1) is 17.1. The van der Waals surface area contributed by atoms with Gasteiger partial charge in [-0.1, -0.05) is 18.2 Å². The van der Waals surface area contributed by atoms with Crippen LogP contribution in [0.1, 0.15) is 23.7 Å². The second kappa shape index (κ2) is 5.60. The third kappa shape index (κ3) is 1.95.